The minimum atomic E-state index is 1.17. The lowest BCUT2D eigenvalue weighted by Crippen LogP contribution is -1.93. The summed E-state index contributed by atoms with van der Waals surface area (Å²) < 4.78 is 4.76. The Bertz CT molecular complexity index is 3310. The normalized spacial score (nSPS) is 11.7. The molecule has 0 bridgehead atoms. The van der Waals surface area contributed by atoms with E-state index in [9.17, 15) is 0 Å². The molecule has 280 valence electrons. The van der Waals surface area contributed by atoms with E-state index in [0.29, 0.717) is 0 Å². The van der Waals surface area contributed by atoms with Crippen LogP contribution in [-0.2, 0) is 0 Å². The smallest absolute Gasteiger partial charge is 0.0547 e. The van der Waals surface area contributed by atoms with Crippen molar-refractivity contribution in [3.05, 3.63) is 231 Å². The van der Waals surface area contributed by atoms with Crippen LogP contribution in [-0.4, -0.2) is 9.13 Å². The molecule has 0 N–H and O–H groups in total. The molecule has 0 aliphatic carbocycles. The Kier molecular flexibility index (Phi) is 7.89. The highest BCUT2D eigenvalue weighted by Gasteiger charge is 2.15. The van der Waals surface area contributed by atoms with Crippen LogP contribution < -0.4 is 0 Å². The molecule has 0 radical (unpaired) electrons. The minimum absolute atomic E-state index is 1.17. The quantitative estimate of drug-likeness (QED) is 0.160. The fourth-order valence-corrected chi connectivity index (χ4v) is 9.33. The topological polar surface area (TPSA) is 9.86 Å². The molecule has 0 aliphatic rings. The Morgan fingerprint density at radius 3 is 0.900 bits per heavy atom. The van der Waals surface area contributed by atoms with Crippen LogP contribution in [0.25, 0.3) is 110 Å². The van der Waals surface area contributed by atoms with E-state index in [1.54, 1.807) is 0 Å². The van der Waals surface area contributed by atoms with Gasteiger partial charge in [-0.2, -0.15) is 0 Å². The van der Waals surface area contributed by atoms with Crippen molar-refractivity contribution < 1.29 is 0 Å². The molecule has 2 nitrogen and oxygen atoms in total. The number of nitrogens with zero attached hydrogens (tertiary/aromatic N) is 2. The minimum Gasteiger partial charge on any atom is -0.309 e. The average Bonchev–Trinajstić information content (AvgIpc) is 3.84. The second-order valence-electron chi connectivity index (χ2n) is 15.8. The monoisotopic (exact) mass is 762 g/mol. The highest BCUT2D eigenvalue weighted by molar-refractivity contribution is 6.11. The average molecular weight is 763 g/mol. The first-order chi connectivity index (χ1) is 29.7. The molecule has 0 spiro atoms. The lowest BCUT2D eigenvalue weighted by Gasteiger charge is -2.10. The van der Waals surface area contributed by atoms with Crippen LogP contribution in [0.15, 0.2) is 231 Å². The highest BCUT2D eigenvalue weighted by atomic mass is 15.0. The van der Waals surface area contributed by atoms with Crippen molar-refractivity contribution in [2.45, 2.75) is 0 Å². The van der Waals surface area contributed by atoms with Gasteiger partial charge in [-0.1, -0.05) is 170 Å². The summed E-state index contributed by atoms with van der Waals surface area (Å²) in [4.78, 5) is 0. The van der Waals surface area contributed by atoms with Crippen LogP contribution in [0, 0.1) is 0 Å². The molecule has 2 heteroatoms. The van der Waals surface area contributed by atoms with Gasteiger partial charge in [0.2, 0.25) is 0 Å². The van der Waals surface area contributed by atoms with Crippen LogP contribution >= 0.6 is 0 Å². The van der Waals surface area contributed by atoms with E-state index in [2.05, 4.69) is 240 Å². The van der Waals surface area contributed by atoms with Gasteiger partial charge < -0.3 is 9.13 Å². The molecule has 0 fully saturated rings. The van der Waals surface area contributed by atoms with Gasteiger partial charge >= 0.3 is 0 Å². The Labute approximate surface area is 348 Å². The summed E-state index contributed by atoms with van der Waals surface area (Å²) in [6.07, 6.45) is 0. The Morgan fingerprint density at radius 1 is 0.200 bits per heavy atom. The first-order valence-corrected chi connectivity index (χ1v) is 20.7. The molecular weight excluding hydrogens is 725 g/mol. The molecule has 12 aromatic rings. The zero-order valence-electron chi connectivity index (χ0n) is 32.8. The third-order valence-electron chi connectivity index (χ3n) is 12.3. The second kappa shape index (κ2) is 13.9. The van der Waals surface area contributed by atoms with Crippen LogP contribution in [0.3, 0.4) is 0 Å². The van der Waals surface area contributed by atoms with Crippen molar-refractivity contribution >= 4 is 54.4 Å². The number of benzene rings is 10. The summed E-state index contributed by atoms with van der Waals surface area (Å²) in [5.74, 6) is 0. The molecular formula is C58H38N2. The first-order valence-electron chi connectivity index (χ1n) is 20.7. The summed E-state index contributed by atoms with van der Waals surface area (Å²) in [7, 11) is 0. The van der Waals surface area contributed by atoms with Crippen LogP contribution in [0.4, 0.5) is 0 Å². The van der Waals surface area contributed by atoms with Crippen molar-refractivity contribution in [3.63, 3.8) is 0 Å². The fraction of sp³-hybridized carbons (Fsp3) is 0. The predicted molar refractivity (Wildman–Crippen MR) is 254 cm³/mol. The van der Waals surface area contributed by atoms with E-state index in [1.807, 2.05) is 0 Å². The van der Waals surface area contributed by atoms with Gasteiger partial charge in [0.05, 0.1) is 22.1 Å². The van der Waals surface area contributed by atoms with Crippen molar-refractivity contribution in [3.8, 4) is 55.9 Å². The molecule has 0 amide bonds. The Morgan fingerprint density at radius 2 is 0.500 bits per heavy atom. The van der Waals surface area contributed by atoms with Gasteiger partial charge in [0, 0.05) is 32.9 Å². The lowest BCUT2D eigenvalue weighted by atomic mass is 9.95. The number of fused-ring (bicyclic) bond motifs is 7. The third-order valence-corrected chi connectivity index (χ3v) is 12.3. The fourth-order valence-electron chi connectivity index (χ4n) is 9.33. The van der Waals surface area contributed by atoms with Crippen molar-refractivity contribution in [2.75, 3.05) is 0 Å². The van der Waals surface area contributed by atoms with Crippen molar-refractivity contribution in [1.82, 2.24) is 9.13 Å². The Balaban J connectivity index is 0.819. The van der Waals surface area contributed by atoms with E-state index >= 15 is 0 Å². The second-order valence-corrected chi connectivity index (χ2v) is 15.8. The zero-order valence-corrected chi connectivity index (χ0v) is 32.8. The molecule has 2 aromatic heterocycles. The van der Waals surface area contributed by atoms with Gasteiger partial charge in [0.1, 0.15) is 0 Å². The largest absolute Gasteiger partial charge is 0.309 e. The summed E-state index contributed by atoms with van der Waals surface area (Å²) in [5, 5.41) is 7.55. The predicted octanol–water partition coefficient (Wildman–Crippen LogP) is 15.7. The van der Waals surface area contributed by atoms with Gasteiger partial charge in [0.15, 0.2) is 0 Å². The van der Waals surface area contributed by atoms with Gasteiger partial charge in [-0.15, -0.1) is 0 Å². The number of para-hydroxylation sites is 4. The Hall–Kier alpha value is -7.94. The van der Waals surface area contributed by atoms with Crippen LogP contribution in [0.5, 0.6) is 0 Å². The number of hydrogen-bond acceptors (Lipinski definition) is 0. The maximum atomic E-state index is 2.38. The van der Waals surface area contributed by atoms with E-state index < -0.39 is 0 Å². The van der Waals surface area contributed by atoms with Gasteiger partial charge in [0.25, 0.3) is 0 Å². The first kappa shape index (κ1) is 34.1. The van der Waals surface area contributed by atoms with E-state index in [1.165, 1.54) is 110 Å². The van der Waals surface area contributed by atoms with Crippen molar-refractivity contribution in [2.24, 2.45) is 0 Å². The molecule has 10 aromatic carbocycles. The summed E-state index contributed by atoms with van der Waals surface area (Å²) in [6.45, 7) is 0. The SMILES string of the molecule is c1ccc(-n2c3ccccc3c3ccc(-c4ccc(-c5ccc6cc(-c7ccc(-c8ccc9c%10ccccc%10n(-c%10ccccc%10)c9c8)cc7)ccc6c5)cc4)cc32)cc1. The lowest BCUT2D eigenvalue weighted by molar-refractivity contribution is 1.18. The third kappa shape index (κ3) is 5.65. The van der Waals surface area contributed by atoms with Gasteiger partial charge in [-0.05, 0) is 116 Å². The number of rotatable bonds is 6. The van der Waals surface area contributed by atoms with Crippen molar-refractivity contribution in [1.29, 1.82) is 0 Å². The molecule has 12 rings (SSSR count). The molecule has 0 saturated heterocycles. The molecule has 0 saturated carbocycles. The molecule has 60 heavy (non-hydrogen) atoms. The summed E-state index contributed by atoms with van der Waals surface area (Å²) >= 11 is 0. The highest BCUT2D eigenvalue weighted by Crippen LogP contribution is 2.38. The molecule has 0 unspecified atom stereocenters. The van der Waals surface area contributed by atoms with E-state index in [-0.39, 0.29) is 0 Å². The zero-order chi connectivity index (χ0) is 39.6. The van der Waals surface area contributed by atoms with E-state index in [4.69, 9.17) is 0 Å². The van der Waals surface area contributed by atoms with Crippen LogP contribution in [0.2, 0.25) is 0 Å². The number of hydrogen-bond donors (Lipinski definition) is 0. The van der Waals surface area contributed by atoms with E-state index in [0.717, 1.165) is 0 Å². The van der Waals surface area contributed by atoms with Gasteiger partial charge in [-0.3, -0.25) is 0 Å². The maximum absolute atomic E-state index is 2.38. The molecule has 0 atom stereocenters. The standard InChI is InChI=1S/C58H38N2/c1-3-11-49(12-4-1)59-55-17-9-7-15-51(55)53-33-31-47(37-57(53)59)41-23-19-39(20-24-41)43-27-29-46-36-44(28-30-45(46)35-43)40-21-25-42(26-22-40)48-32-34-54-52-16-8-10-18-56(52)60(58(54)38-48)50-13-5-2-6-14-50/h1-38H. The summed E-state index contributed by atoms with van der Waals surface area (Å²) in [5.41, 5.74) is 16.9. The molecule has 0 aliphatic heterocycles. The summed E-state index contributed by atoms with van der Waals surface area (Å²) in [6, 6.07) is 84.1. The van der Waals surface area contributed by atoms with Crippen LogP contribution in [0.1, 0.15) is 0 Å². The number of aromatic nitrogens is 2. The molecule has 2 heterocycles. The maximum Gasteiger partial charge on any atom is 0.0547 e. The van der Waals surface area contributed by atoms with Gasteiger partial charge in [-0.25, -0.2) is 0 Å².